The van der Waals surface area contributed by atoms with Crippen molar-refractivity contribution in [3.63, 3.8) is 0 Å². The van der Waals surface area contributed by atoms with Gasteiger partial charge in [0, 0.05) is 43.5 Å². The number of carbonyl (C=O) groups excluding carboxylic acids is 1. The monoisotopic (exact) mass is 338 g/mol. The summed E-state index contributed by atoms with van der Waals surface area (Å²) in [6.45, 7) is 3.21. The highest BCUT2D eigenvalue weighted by Crippen LogP contribution is 2.26. The van der Waals surface area contributed by atoms with Gasteiger partial charge in [-0.2, -0.15) is 0 Å². The molecule has 0 saturated carbocycles. The van der Waals surface area contributed by atoms with Crippen molar-refractivity contribution in [2.75, 3.05) is 13.1 Å². The Bertz CT molecular complexity index is 1020. The van der Waals surface area contributed by atoms with E-state index in [0.717, 1.165) is 17.9 Å². The molecule has 7 nitrogen and oxygen atoms in total. The van der Waals surface area contributed by atoms with Crippen LogP contribution in [0.5, 0.6) is 0 Å². The van der Waals surface area contributed by atoms with Crippen LogP contribution in [-0.4, -0.2) is 38.4 Å². The molecule has 1 aliphatic heterocycles. The Morgan fingerprint density at radius 2 is 2.16 bits per heavy atom. The molecule has 0 bridgehead atoms. The van der Waals surface area contributed by atoms with E-state index in [4.69, 9.17) is 4.42 Å². The van der Waals surface area contributed by atoms with Gasteiger partial charge in [-0.25, -0.2) is 14.8 Å². The molecule has 2 aromatic heterocycles. The zero-order valence-corrected chi connectivity index (χ0v) is 14.1. The molecule has 1 saturated heterocycles. The van der Waals surface area contributed by atoms with Crippen LogP contribution in [-0.2, 0) is 7.05 Å². The van der Waals surface area contributed by atoms with Crippen molar-refractivity contribution in [2.24, 2.45) is 7.05 Å². The van der Waals surface area contributed by atoms with Gasteiger partial charge in [-0.05, 0) is 37.6 Å². The summed E-state index contributed by atoms with van der Waals surface area (Å²) in [4.78, 5) is 35.0. The molecule has 7 heteroatoms. The summed E-state index contributed by atoms with van der Waals surface area (Å²) < 4.78 is 6.51. The minimum absolute atomic E-state index is 0.0503. The van der Waals surface area contributed by atoms with Gasteiger partial charge >= 0.3 is 5.76 Å². The maximum atomic E-state index is 12.8. The Hall–Kier alpha value is -2.96. The summed E-state index contributed by atoms with van der Waals surface area (Å²) in [7, 11) is 1.63. The van der Waals surface area contributed by atoms with Gasteiger partial charge in [0.1, 0.15) is 5.82 Å². The second kappa shape index (κ2) is 5.84. The number of hydrogen-bond donors (Lipinski definition) is 0. The Balaban J connectivity index is 1.57. The largest absolute Gasteiger partial charge is 0.419 e. The fraction of sp³-hybridized carbons (Fsp3) is 0.333. The third-order valence-electron chi connectivity index (χ3n) is 4.69. The van der Waals surface area contributed by atoms with Gasteiger partial charge < -0.3 is 9.32 Å². The highest BCUT2D eigenvalue weighted by Gasteiger charge is 2.30. The van der Waals surface area contributed by atoms with E-state index in [1.165, 1.54) is 4.57 Å². The lowest BCUT2D eigenvalue weighted by Gasteiger charge is -2.16. The number of carbonyl (C=O) groups is 1. The number of nitrogens with zero attached hydrogens (tertiary/aromatic N) is 4. The third-order valence-corrected chi connectivity index (χ3v) is 4.69. The summed E-state index contributed by atoms with van der Waals surface area (Å²) in [6.07, 6.45) is 2.61. The van der Waals surface area contributed by atoms with Crippen molar-refractivity contribution in [1.29, 1.82) is 0 Å². The lowest BCUT2D eigenvalue weighted by atomic mass is 10.1. The van der Waals surface area contributed by atoms with Crippen LogP contribution in [0.4, 0.5) is 0 Å². The Kier molecular flexibility index (Phi) is 3.63. The van der Waals surface area contributed by atoms with Crippen LogP contribution < -0.4 is 5.76 Å². The molecule has 4 rings (SSSR count). The summed E-state index contributed by atoms with van der Waals surface area (Å²) >= 11 is 0. The molecule has 1 aliphatic rings. The fourth-order valence-electron chi connectivity index (χ4n) is 3.26. The lowest BCUT2D eigenvalue weighted by Crippen LogP contribution is -2.28. The molecular weight excluding hydrogens is 320 g/mol. The molecule has 0 radical (unpaired) electrons. The first-order valence-electron chi connectivity index (χ1n) is 8.21. The first kappa shape index (κ1) is 15.6. The van der Waals surface area contributed by atoms with Crippen LogP contribution in [0.15, 0.2) is 39.7 Å². The quantitative estimate of drug-likeness (QED) is 0.712. The van der Waals surface area contributed by atoms with Crippen molar-refractivity contribution in [2.45, 2.75) is 19.3 Å². The average Bonchev–Trinajstić information content (AvgIpc) is 3.20. The minimum Gasteiger partial charge on any atom is -0.408 e. The molecule has 1 unspecified atom stereocenters. The van der Waals surface area contributed by atoms with Crippen LogP contribution >= 0.6 is 0 Å². The number of hydrogen-bond acceptors (Lipinski definition) is 5. The van der Waals surface area contributed by atoms with Gasteiger partial charge in [0.2, 0.25) is 0 Å². The number of oxazole rings is 1. The van der Waals surface area contributed by atoms with Crippen LogP contribution in [0.2, 0.25) is 0 Å². The number of rotatable bonds is 2. The van der Waals surface area contributed by atoms with Crippen LogP contribution in [0, 0.1) is 6.92 Å². The van der Waals surface area contributed by atoms with Crippen molar-refractivity contribution >= 4 is 17.0 Å². The smallest absolute Gasteiger partial charge is 0.408 e. The predicted octanol–water partition coefficient (Wildman–Crippen LogP) is 1.86. The van der Waals surface area contributed by atoms with E-state index < -0.39 is 5.76 Å². The SMILES string of the molecule is Cc1ccnc(C2CCN(C(=O)c3ccc4oc(=O)n(C)c4c3)C2)n1. The molecule has 1 amide bonds. The average molecular weight is 338 g/mol. The van der Waals surface area contributed by atoms with Gasteiger partial charge in [-0.3, -0.25) is 9.36 Å². The number of likely N-dealkylation sites (tertiary alicyclic amines) is 1. The van der Waals surface area contributed by atoms with Gasteiger partial charge in [0.25, 0.3) is 5.91 Å². The van der Waals surface area contributed by atoms with E-state index in [-0.39, 0.29) is 11.8 Å². The molecule has 3 heterocycles. The van der Waals surface area contributed by atoms with Crippen LogP contribution in [0.25, 0.3) is 11.1 Å². The summed E-state index contributed by atoms with van der Waals surface area (Å²) in [5.41, 5.74) is 2.58. The van der Waals surface area contributed by atoms with E-state index in [1.54, 1.807) is 31.4 Å². The number of benzene rings is 1. The highest BCUT2D eigenvalue weighted by atomic mass is 16.4. The van der Waals surface area contributed by atoms with Crippen molar-refractivity contribution in [3.05, 3.63) is 58.1 Å². The number of fused-ring (bicyclic) bond motifs is 1. The van der Waals surface area contributed by atoms with Crippen LogP contribution in [0.3, 0.4) is 0 Å². The minimum atomic E-state index is -0.433. The fourth-order valence-corrected chi connectivity index (χ4v) is 3.26. The number of aryl methyl sites for hydroxylation is 2. The highest BCUT2D eigenvalue weighted by molar-refractivity contribution is 5.97. The zero-order chi connectivity index (χ0) is 17.6. The Labute approximate surface area is 143 Å². The van der Waals surface area contributed by atoms with Crippen molar-refractivity contribution in [3.8, 4) is 0 Å². The van der Waals surface area contributed by atoms with E-state index in [0.29, 0.717) is 29.8 Å². The second-order valence-corrected chi connectivity index (χ2v) is 6.40. The lowest BCUT2D eigenvalue weighted by molar-refractivity contribution is 0.0790. The van der Waals surface area contributed by atoms with E-state index >= 15 is 0 Å². The van der Waals surface area contributed by atoms with Crippen molar-refractivity contribution < 1.29 is 9.21 Å². The maximum absolute atomic E-state index is 12.8. The summed E-state index contributed by atoms with van der Waals surface area (Å²) in [6, 6.07) is 6.94. The molecule has 128 valence electrons. The Morgan fingerprint density at radius 3 is 2.96 bits per heavy atom. The topological polar surface area (TPSA) is 81.2 Å². The molecule has 0 spiro atoms. The molecule has 1 fully saturated rings. The molecule has 1 aromatic carbocycles. The second-order valence-electron chi connectivity index (χ2n) is 6.40. The first-order valence-corrected chi connectivity index (χ1v) is 8.21. The van der Waals surface area contributed by atoms with Crippen molar-refractivity contribution in [1.82, 2.24) is 19.4 Å². The standard InChI is InChI=1S/C18H18N4O3/c1-11-5-7-19-16(20-11)13-6-8-22(10-13)17(23)12-3-4-15-14(9-12)21(2)18(24)25-15/h3-5,7,9,13H,6,8,10H2,1-2H3. The Morgan fingerprint density at radius 1 is 1.32 bits per heavy atom. The summed E-state index contributed by atoms with van der Waals surface area (Å²) in [5, 5.41) is 0. The molecule has 25 heavy (non-hydrogen) atoms. The van der Waals surface area contributed by atoms with Gasteiger partial charge in [-0.1, -0.05) is 0 Å². The number of aromatic nitrogens is 3. The zero-order valence-electron chi connectivity index (χ0n) is 14.1. The molecule has 0 N–H and O–H groups in total. The first-order chi connectivity index (χ1) is 12.0. The third kappa shape index (κ3) is 2.71. The molecule has 3 aromatic rings. The maximum Gasteiger partial charge on any atom is 0.419 e. The normalized spacial score (nSPS) is 17.4. The van der Waals surface area contributed by atoms with E-state index in [1.807, 2.05) is 17.9 Å². The molecular formula is C18H18N4O3. The van der Waals surface area contributed by atoms with Gasteiger partial charge in [-0.15, -0.1) is 0 Å². The molecule has 0 aliphatic carbocycles. The summed E-state index contributed by atoms with van der Waals surface area (Å²) in [5.74, 6) is 0.469. The van der Waals surface area contributed by atoms with Gasteiger partial charge in [0.15, 0.2) is 5.58 Å². The van der Waals surface area contributed by atoms with E-state index in [2.05, 4.69) is 9.97 Å². The van der Waals surface area contributed by atoms with Gasteiger partial charge in [0.05, 0.1) is 5.52 Å². The van der Waals surface area contributed by atoms with E-state index in [9.17, 15) is 9.59 Å². The predicted molar refractivity (Wildman–Crippen MR) is 91.5 cm³/mol. The van der Waals surface area contributed by atoms with Crippen LogP contribution in [0.1, 0.15) is 34.2 Å². The number of amides is 1. The molecule has 1 atom stereocenters.